The zero-order valence-electron chi connectivity index (χ0n) is 19.5. The second-order valence-corrected chi connectivity index (χ2v) is 9.91. The molecule has 0 amide bonds. The molecule has 0 spiro atoms. The van der Waals surface area contributed by atoms with Crippen LogP contribution in [0.2, 0.25) is 0 Å². The number of ether oxygens (including phenoxy) is 3. The normalized spacial score (nSPS) is 15.2. The molecule has 0 N–H and O–H groups in total. The lowest BCUT2D eigenvalue weighted by Gasteiger charge is -2.34. The van der Waals surface area contributed by atoms with E-state index >= 15 is 0 Å². The van der Waals surface area contributed by atoms with Gasteiger partial charge in [0.1, 0.15) is 11.5 Å². The highest BCUT2D eigenvalue weighted by atomic mass is 32.2. The van der Waals surface area contributed by atoms with E-state index in [0.29, 0.717) is 22.3 Å². The number of para-hydroxylation sites is 3. The Labute approximate surface area is 207 Å². The van der Waals surface area contributed by atoms with Gasteiger partial charge in [0.15, 0.2) is 6.10 Å². The van der Waals surface area contributed by atoms with E-state index in [4.69, 9.17) is 14.2 Å². The van der Waals surface area contributed by atoms with Crippen LogP contribution in [0.3, 0.4) is 0 Å². The predicted octanol–water partition coefficient (Wildman–Crippen LogP) is 3.73. The van der Waals surface area contributed by atoms with Gasteiger partial charge in [0.25, 0.3) is 15.9 Å². The van der Waals surface area contributed by atoms with Crippen molar-refractivity contribution in [1.82, 2.24) is 4.57 Å². The molecule has 0 saturated carbocycles. The topological polar surface area (TPSA) is 104 Å². The van der Waals surface area contributed by atoms with Crippen LogP contribution in [0, 0.1) is 0 Å². The summed E-state index contributed by atoms with van der Waals surface area (Å²) < 4.78 is 45.8. The molecule has 0 aliphatic carbocycles. The lowest BCUT2D eigenvalue weighted by atomic mass is 10.2. The number of esters is 1. The van der Waals surface area contributed by atoms with E-state index in [0.717, 1.165) is 0 Å². The monoisotopic (exact) mass is 506 g/mol. The van der Waals surface area contributed by atoms with Gasteiger partial charge in [0, 0.05) is 11.6 Å². The Balaban J connectivity index is 1.57. The number of nitrogens with zero attached hydrogens (tertiary/aromatic N) is 2. The van der Waals surface area contributed by atoms with Crippen molar-refractivity contribution >= 4 is 38.5 Å². The maximum atomic E-state index is 13.7. The zero-order valence-corrected chi connectivity index (χ0v) is 20.3. The zero-order chi connectivity index (χ0) is 25.4. The van der Waals surface area contributed by atoms with Crippen LogP contribution in [0.4, 0.5) is 5.69 Å². The van der Waals surface area contributed by atoms with Gasteiger partial charge in [-0.15, -0.1) is 0 Å². The minimum absolute atomic E-state index is 0.0468. The molecule has 0 radical (unpaired) electrons. The summed E-state index contributed by atoms with van der Waals surface area (Å²) >= 11 is 0. The van der Waals surface area contributed by atoms with E-state index < -0.39 is 28.0 Å². The van der Waals surface area contributed by atoms with Gasteiger partial charge in [-0.25, -0.2) is 13.2 Å². The number of hydrogen-bond acceptors (Lipinski definition) is 7. The molecule has 184 valence electrons. The second-order valence-electron chi connectivity index (χ2n) is 8.05. The van der Waals surface area contributed by atoms with Crippen LogP contribution in [0.5, 0.6) is 11.5 Å². The average Bonchev–Trinajstić information content (AvgIpc) is 3.31. The largest absolute Gasteiger partial charge is 0.497 e. The fourth-order valence-corrected chi connectivity index (χ4v) is 5.70. The number of carbonyl (C=O) groups is 2. The van der Waals surface area contributed by atoms with E-state index in [1.54, 1.807) is 60.7 Å². The summed E-state index contributed by atoms with van der Waals surface area (Å²) in [5.74, 6) is -0.337. The predicted molar refractivity (Wildman–Crippen MR) is 132 cm³/mol. The molecule has 0 fully saturated rings. The van der Waals surface area contributed by atoms with E-state index in [2.05, 4.69) is 0 Å². The summed E-state index contributed by atoms with van der Waals surface area (Å²) in [6, 6.07) is 19.5. The number of aromatic nitrogens is 1. The third-order valence-electron chi connectivity index (χ3n) is 6.01. The van der Waals surface area contributed by atoms with Gasteiger partial charge in [-0.3, -0.25) is 13.7 Å². The first-order chi connectivity index (χ1) is 17.3. The lowest BCUT2D eigenvalue weighted by Crippen LogP contribution is -2.48. The minimum Gasteiger partial charge on any atom is -0.497 e. The molecule has 1 aliphatic rings. The number of fused-ring (bicyclic) bond motifs is 2. The van der Waals surface area contributed by atoms with Crippen molar-refractivity contribution in [2.75, 3.05) is 25.1 Å². The van der Waals surface area contributed by atoms with Crippen molar-refractivity contribution in [2.45, 2.75) is 11.0 Å². The summed E-state index contributed by atoms with van der Waals surface area (Å²) in [6.45, 7) is -0.260. The molecule has 9 nitrogen and oxygen atoms in total. The Morgan fingerprint density at radius 1 is 0.944 bits per heavy atom. The Kier molecular flexibility index (Phi) is 5.89. The summed E-state index contributed by atoms with van der Waals surface area (Å²) in [4.78, 5) is 26.0. The fourth-order valence-electron chi connectivity index (χ4n) is 4.22. The Morgan fingerprint density at radius 2 is 1.64 bits per heavy atom. The van der Waals surface area contributed by atoms with E-state index in [-0.39, 0.29) is 22.8 Å². The molecule has 2 heterocycles. The molecule has 5 rings (SSSR count). The molecular weight excluding hydrogens is 484 g/mol. The highest BCUT2D eigenvalue weighted by molar-refractivity contribution is 7.92. The molecule has 1 aromatic heterocycles. The maximum absolute atomic E-state index is 13.7. The summed E-state index contributed by atoms with van der Waals surface area (Å²) in [7, 11) is -1.28. The first-order valence-corrected chi connectivity index (χ1v) is 12.4. The third kappa shape index (κ3) is 3.85. The Morgan fingerprint density at radius 3 is 2.36 bits per heavy atom. The molecule has 10 heteroatoms. The average molecular weight is 507 g/mol. The van der Waals surface area contributed by atoms with Gasteiger partial charge in [-0.2, -0.15) is 0 Å². The Bertz CT molecular complexity index is 1580. The Hall–Kier alpha value is -4.31. The van der Waals surface area contributed by atoms with Crippen molar-refractivity contribution in [3.05, 3.63) is 84.6 Å². The van der Waals surface area contributed by atoms with Gasteiger partial charge >= 0.3 is 5.97 Å². The molecule has 1 aliphatic heterocycles. The first kappa shape index (κ1) is 23.4. The highest BCUT2D eigenvalue weighted by Crippen LogP contribution is 2.37. The molecule has 0 unspecified atom stereocenters. The van der Waals surface area contributed by atoms with Crippen molar-refractivity contribution in [3.63, 3.8) is 0 Å². The van der Waals surface area contributed by atoms with Gasteiger partial charge in [0.05, 0.1) is 42.4 Å². The molecule has 0 saturated heterocycles. The number of sulfonamides is 1. The number of anilines is 1. The summed E-state index contributed by atoms with van der Waals surface area (Å²) in [5, 5.41) is 0.539. The number of carbonyl (C=O) groups excluding carboxylic acids is 2. The van der Waals surface area contributed by atoms with Crippen molar-refractivity contribution in [3.8, 4) is 11.5 Å². The number of methoxy groups -OCH3 is 2. The van der Waals surface area contributed by atoms with E-state index in [9.17, 15) is 18.0 Å². The van der Waals surface area contributed by atoms with Crippen LogP contribution in [0.15, 0.2) is 83.9 Å². The van der Waals surface area contributed by atoms with Crippen LogP contribution < -0.4 is 13.8 Å². The molecule has 1 atom stereocenters. The van der Waals surface area contributed by atoms with Crippen LogP contribution in [0.25, 0.3) is 10.9 Å². The van der Waals surface area contributed by atoms with E-state index in [1.165, 1.54) is 41.4 Å². The standard InChI is InChI=1S/C26H22N2O7S/c1-33-17-11-13-18(14-12-17)36(31,32)28-16-24(35-23-10-6-5-9-22(23)28)25(29)27-15-20(26(30)34-2)19-7-3-4-8-21(19)27/h3-15,24H,16H2,1-2H3/t24-/m0/s1. The molecular formula is C26H22N2O7S. The van der Waals surface area contributed by atoms with Gasteiger partial charge in [-0.1, -0.05) is 30.3 Å². The number of rotatable bonds is 5. The number of benzene rings is 3. The molecule has 0 bridgehead atoms. The van der Waals surface area contributed by atoms with Crippen molar-refractivity contribution < 1.29 is 32.2 Å². The SMILES string of the molecule is COC(=O)c1cn(C(=O)[C@@H]2CN(S(=O)(=O)c3ccc(OC)cc3)c3ccccc3O2)c2ccccc12. The second kappa shape index (κ2) is 9.04. The van der Waals surface area contributed by atoms with Gasteiger partial charge in [-0.05, 0) is 42.5 Å². The summed E-state index contributed by atoms with van der Waals surface area (Å²) in [6.07, 6.45) is 0.222. The number of hydrogen-bond donors (Lipinski definition) is 0. The maximum Gasteiger partial charge on any atom is 0.340 e. The molecule has 36 heavy (non-hydrogen) atoms. The van der Waals surface area contributed by atoms with Crippen molar-refractivity contribution in [1.29, 1.82) is 0 Å². The minimum atomic E-state index is -4.04. The van der Waals surface area contributed by atoms with Crippen LogP contribution in [0.1, 0.15) is 15.2 Å². The van der Waals surface area contributed by atoms with Gasteiger partial charge < -0.3 is 14.2 Å². The van der Waals surface area contributed by atoms with E-state index in [1.807, 2.05) is 0 Å². The quantitative estimate of drug-likeness (QED) is 0.380. The summed E-state index contributed by atoms with van der Waals surface area (Å²) in [5.41, 5.74) is 1.03. The van der Waals surface area contributed by atoms with Crippen LogP contribution in [-0.4, -0.2) is 51.7 Å². The highest BCUT2D eigenvalue weighted by Gasteiger charge is 2.38. The smallest absolute Gasteiger partial charge is 0.340 e. The van der Waals surface area contributed by atoms with Crippen LogP contribution >= 0.6 is 0 Å². The van der Waals surface area contributed by atoms with Crippen molar-refractivity contribution in [2.24, 2.45) is 0 Å². The third-order valence-corrected chi connectivity index (χ3v) is 7.81. The lowest BCUT2D eigenvalue weighted by molar-refractivity contribution is 0.0602. The molecule has 3 aromatic carbocycles. The van der Waals surface area contributed by atoms with Gasteiger partial charge in [0.2, 0.25) is 0 Å². The molecule has 4 aromatic rings. The first-order valence-electron chi connectivity index (χ1n) is 11.0. The van der Waals surface area contributed by atoms with Crippen LogP contribution in [-0.2, 0) is 14.8 Å². The fraction of sp³-hybridized carbons (Fsp3) is 0.154.